The summed E-state index contributed by atoms with van der Waals surface area (Å²) in [6.45, 7) is 0.689. The first-order chi connectivity index (χ1) is 9.27. The summed E-state index contributed by atoms with van der Waals surface area (Å²) in [7, 11) is 0. The summed E-state index contributed by atoms with van der Waals surface area (Å²) in [5, 5.41) is 7.18. The molecule has 1 aromatic heterocycles. The normalized spacial score (nSPS) is 10.4. The number of carbonyl (C=O) groups excluding carboxylic acids is 1. The molecule has 2 nitrogen and oxygen atoms in total. The molecule has 0 aliphatic carbocycles. The lowest BCUT2D eigenvalue weighted by Crippen LogP contribution is -2.26. The van der Waals surface area contributed by atoms with Gasteiger partial charge in [0.15, 0.2) is 0 Å². The van der Waals surface area contributed by atoms with E-state index in [0.717, 1.165) is 16.0 Å². The van der Waals surface area contributed by atoms with Gasteiger partial charge in [0.05, 0.1) is 5.56 Å². The Morgan fingerprint density at radius 3 is 2.89 bits per heavy atom. The van der Waals surface area contributed by atoms with Crippen molar-refractivity contribution in [1.82, 2.24) is 5.32 Å². The second-order valence-electron chi connectivity index (χ2n) is 3.92. The van der Waals surface area contributed by atoms with Crippen LogP contribution in [0.5, 0.6) is 0 Å². The maximum Gasteiger partial charge on any atom is 0.252 e. The number of halogens is 1. The minimum absolute atomic E-state index is 0.0244. The van der Waals surface area contributed by atoms with E-state index in [0.29, 0.717) is 12.1 Å². The van der Waals surface area contributed by atoms with Crippen molar-refractivity contribution < 1.29 is 4.79 Å². The third-order valence-corrected chi connectivity index (χ3v) is 4.95. The van der Waals surface area contributed by atoms with Crippen molar-refractivity contribution in [2.45, 2.75) is 5.75 Å². The number of rotatable bonds is 6. The molecule has 0 spiro atoms. The van der Waals surface area contributed by atoms with E-state index < -0.39 is 0 Å². The molecule has 2 rings (SSSR count). The number of hydrogen-bond donors (Lipinski definition) is 1. The minimum Gasteiger partial charge on any atom is -0.351 e. The SMILES string of the molecule is O=C(NCCSCc1ccsc1)c1ccccc1Br. The summed E-state index contributed by atoms with van der Waals surface area (Å²) in [6.07, 6.45) is 0. The zero-order chi connectivity index (χ0) is 13.5. The van der Waals surface area contributed by atoms with E-state index >= 15 is 0 Å². The van der Waals surface area contributed by atoms with Gasteiger partial charge in [-0.1, -0.05) is 12.1 Å². The van der Waals surface area contributed by atoms with Crippen LogP contribution in [0.25, 0.3) is 0 Å². The van der Waals surface area contributed by atoms with Crippen LogP contribution < -0.4 is 5.32 Å². The van der Waals surface area contributed by atoms with Crippen molar-refractivity contribution >= 4 is 44.9 Å². The Bertz CT molecular complexity index is 528. The number of amides is 1. The third-order valence-electron chi connectivity index (χ3n) is 2.50. The van der Waals surface area contributed by atoms with Gasteiger partial charge in [-0.25, -0.2) is 0 Å². The van der Waals surface area contributed by atoms with Crippen molar-refractivity contribution in [3.8, 4) is 0 Å². The predicted molar refractivity (Wildman–Crippen MR) is 87.0 cm³/mol. The molecule has 0 atom stereocenters. The van der Waals surface area contributed by atoms with E-state index in [4.69, 9.17) is 0 Å². The molecule has 2 aromatic rings. The first-order valence-electron chi connectivity index (χ1n) is 5.89. The monoisotopic (exact) mass is 355 g/mol. The summed E-state index contributed by atoms with van der Waals surface area (Å²) in [5.74, 6) is 1.91. The van der Waals surface area contributed by atoms with Crippen molar-refractivity contribution in [2.24, 2.45) is 0 Å². The van der Waals surface area contributed by atoms with Gasteiger partial charge in [-0.2, -0.15) is 23.1 Å². The average molecular weight is 356 g/mol. The highest BCUT2D eigenvalue weighted by Crippen LogP contribution is 2.16. The van der Waals surface area contributed by atoms with Crippen LogP contribution in [0.15, 0.2) is 45.6 Å². The Labute approximate surface area is 129 Å². The van der Waals surface area contributed by atoms with Crippen LogP contribution >= 0.6 is 39.0 Å². The average Bonchev–Trinajstić information content (AvgIpc) is 2.92. The lowest BCUT2D eigenvalue weighted by molar-refractivity contribution is 0.0955. The van der Waals surface area contributed by atoms with Gasteiger partial charge in [0, 0.05) is 22.5 Å². The smallest absolute Gasteiger partial charge is 0.252 e. The van der Waals surface area contributed by atoms with E-state index in [9.17, 15) is 4.79 Å². The van der Waals surface area contributed by atoms with Crippen LogP contribution in [0, 0.1) is 0 Å². The van der Waals surface area contributed by atoms with Gasteiger partial charge in [0.25, 0.3) is 5.91 Å². The maximum absolute atomic E-state index is 11.9. The van der Waals surface area contributed by atoms with E-state index in [1.54, 1.807) is 11.3 Å². The summed E-state index contributed by atoms with van der Waals surface area (Å²) in [4.78, 5) is 11.9. The summed E-state index contributed by atoms with van der Waals surface area (Å²) < 4.78 is 0.832. The zero-order valence-corrected chi connectivity index (χ0v) is 13.5. The van der Waals surface area contributed by atoms with Crippen molar-refractivity contribution in [3.63, 3.8) is 0 Å². The summed E-state index contributed by atoms with van der Waals surface area (Å²) in [6, 6.07) is 9.60. The van der Waals surface area contributed by atoms with Crippen LogP contribution in [-0.2, 0) is 5.75 Å². The lowest BCUT2D eigenvalue weighted by atomic mass is 10.2. The molecular weight excluding hydrogens is 342 g/mol. The third kappa shape index (κ3) is 4.67. The van der Waals surface area contributed by atoms with Gasteiger partial charge in [-0.05, 0) is 50.5 Å². The fourth-order valence-electron chi connectivity index (χ4n) is 1.54. The summed E-state index contributed by atoms with van der Waals surface area (Å²) >= 11 is 6.93. The zero-order valence-electron chi connectivity index (χ0n) is 10.3. The standard InChI is InChI=1S/C14H14BrNOS2/c15-13-4-2-1-3-12(13)14(17)16-6-8-19-10-11-5-7-18-9-11/h1-5,7,9H,6,8,10H2,(H,16,17). The molecule has 0 aliphatic rings. The minimum atomic E-state index is -0.0244. The van der Waals surface area contributed by atoms with Crippen LogP contribution in [0.2, 0.25) is 0 Å². The summed E-state index contributed by atoms with van der Waals surface area (Å²) in [5.41, 5.74) is 2.04. The number of thiophene rings is 1. The molecule has 0 saturated heterocycles. The first kappa shape index (κ1) is 14.6. The Hall–Kier alpha value is -0.780. The van der Waals surface area contributed by atoms with Crippen LogP contribution in [0.4, 0.5) is 0 Å². The van der Waals surface area contributed by atoms with E-state index in [1.807, 2.05) is 36.0 Å². The molecule has 5 heteroatoms. The van der Waals surface area contributed by atoms with Gasteiger partial charge in [0.1, 0.15) is 0 Å². The molecule has 0 unspecified atom stereocenters. The molecule has 0 fully saturated rings. The highest BCUT2D eigenvalue weighted by molar-refractivity contribution is 9.10. The predicted octanol–water partition coefficient (Wildman–Crippen LogP) is 4.17. The van der Waals surface area contributed by atoms with Crippen LogP contribution in [0.3, 0.4) is 0 Å². The highest BCUT2D eigenvalue weighted by atomic mass is 79.9. The second kappa shape index (κ2) is 7.72. The number of nitrogens with one attached hydrogen (secondary N) is 1. The largest absolute Gasteiger partial charge is 0.351 e. The Kier molecular flexibility index (Phi) is 5.94. The fraction of sp³-hybridized carbons (Fsp3) is 0.214. The van der Waals surface area contributed by atoms with Gasteiger partial charge < -0.3 is 5.32 Å². The fourth-order valence-corrected chi connectivity index (χ4v) is 3.59. The maximum atomic E-state index is 11.9. The van der Waals surface area contributed by atoms with E-state index in [-0.39, 0.29) is 5.91 Å². The quantitative estimate of drug-likeness (QED) is 0.787. The molecule has 100 valence electrons. The molecule has 1 heterocycles. The van der Waals surface area contributed by atoms with Crippen molar-refractivity contribution in [1.29, 1.82) is 0 Å². The van der Waals surface area contributed by atoms with Crippen molar-refractivity contribution in [3.05, 3.63) is 56.7 Å². The van der Waals surface area contributed by atoms with Gasteiger partial charge in [-0.3, -0.25) is 4.79 Å². The molecule has 1 amide bonds. The van der Waals surface area contributed by atoms with Crippen molar-refractivity contribution in [2.75, 3.05) is 12.3 Å². The Balaban J connectivity index is 1.68. The van der Waals surface area contributed by atoms with Crippen LogP contribution in [0.1, 0.15) is 15.9 Å². The topological polar surface area (TPSA) is 29.1 Å². The number of thioether (sulfide) groups is 1. The number of carbonyl (C=O) groups is 1. The lowest BCUT2D eigenvalue weighted by Gasteiger charge is -2.06. The first-order valence-corrected chi connectivity index (χ1v) is 8.78. The molecule has 0 bridgehead atoms. The van der Waals surface area contributed by atoms with E-state index in [1.165, 1.54) is 5.56 Å². The molecule has 19 heavy (non-hydrogen) atoms. The second-order valence-corrected chi connectivity index (χ2v) is 6.66. The number of benzene rings is 1. The highest BCUT2D eigenvalue weighted by Gasteiger charge is 2.07. The Morgan fingerprint density at radius 2 is 2.16 bits per heavy atom. The molecule has 0 saturated carbocycles. The van der Waals surface area contributed by atoms with Gasteiger partial charge in [0.2, 0.25) is 0 Å². The van der Waals surface area contributed by atoms with Gasteiger partial charge in [-0.15, -0.1) is 0 Å². The van der Waals surface area contributed by atoms with Crippen LogP contribution in [-0.4, -0.2) is 18.2 Å². The number of hydrogen-bond acceptors (Lipinski definition) is 3. The molecule has 1 N–H and O–H groups in total. The molecule has 0 aliphatic heterocycles. The van der Waals surface area contributed by atoms with E-state index in [2.05, 4.69) is 38.1 Å². The molecule has 1 aromatic carbocycles. The molecule has 0 radical (unpaired) electrons. The Morgan fingerprint density at radius 1 is 1.32 bits per heavy atom. The van der Waals surface area contributed by atoms with Gasteiger partial charge >= 0.3 is 0 Å². The molecular formula is C14H14BrNOS2.